The van der Waals surface area contributed by atoms with Gasteiger partial charge in [0.15, 0.2) is 0 Å². The van der Waals surface area contributed by atoms with Crippen molar-refractivity contribution >= 4 is 5.91 Å². The number of aliphatic hydroxyl groups is 1. The fourth-order valence-electron chi connectivity index (χ4n) is 1.78. The summed E-state index contributed by atoms with van der Waals surface area (Å²) in [5.41, 5.74) is 0.953. The van der Waals surface area contributed by atoms with Crippen molar-refractivity contribution in [3.63, 3.8) is 0 Å². The number of likely N-dealkylation sites (tertiary alicyclic amines) is 1. The number of pyridine rings is 1. The van der Waals surface area contributed by atoms with Gasteiger partial charge in [0.1, 0.15) is 0 Å². The predicted octanol–water partition coefficient (Wildman–Crippen LogP) is 0.183. The molecule has 1 amide bonds. The first-order valence-corrected chi connectivity index (χ1v) is 5.14. The van der Waals surface area contributed by atoms with Crippen LogP contribution in [0.15, 0.2) is 18.3 Å². The second-order valence-corrected chi connectivity index (χ2v) is 3.84. The monoisotopic (exact) mass is 222 g/mol. The van der Waals surface area contributed by atoms with Gasteiger partial charge in [-0.1, -0.05) is 0 Å². The SMILES string of the molecule is COc1cc(CN2CC(O)CC2=O)ccn1. The maximum absolute atomic E-state index is 11.5. The van der Waals surface area contributed by atoms with Crippen molar-refractivity contribution in [3.05, 3.63) is 23.9 Å². The lowest BCUT2D eigenvalue weighted by atomic mass is 10.2. The standard InChI is InChI=1S/C11H14N2O3/c1-16-10-4-8(2-3-12-10)6-13-7-9(14)5-11(13)15/h2-4,9,14H,5-7H2,1H3. The Labute approximate surface area is 93.7 Å². The third-order valence-corrected chi connectivity index (χ3v) is 2.58. The molecular weight excluding hydrogens is 208 g/mol. The fourth-order valence-corrected chi connectivity index (χ4v) is 1.78. The molecule has 5 heteroatoms. The van der Waals surface area contributed by atoms with Crippen LogP contribution in [0.4, 0.5) is 0 Å². The second-order valence-electron chi connectivity index (χ2n) is 3.84. The number of carbonyl (C=O) groups is 1. The van der Waals surface area contributed by atoms with Crippen molar-refractivity contribution < 1.29 is 14.6 Å². The molecule has 1 N–H and O–H groups in total. The van der Waals surface area contributed by atoms with Gasteiger partial charge in [0.2, 0.25) is 11.8 Å². The molecule has 1 aromatic rings. The minimum absolute atomic E-state index is 0.0109. The smallest absolute Gasteiger partial charge is 0.225 e. The number of carbonyl (C=O) groups excluding carboxylic acids is 1. The van der Waals surface area contributed by atoms with E-state index < -0.39 is 6.10 Å². The number of ether oxygens (including phenoxy) is 1. The molecule has 1 atom stereocenters. The molecular formula is C11H14N2O3. The van der Waals surface area contributed by atoms with Crippen LogP contribution in [0, 0.1) is 0 Å². The topological polar surface area (TPSA) is 62.7 Å². The highest BCUT2D eigenvalue weighted by molar-refractivity contribution is 5.79. The number of hydrogen-bond acceptors (Lipinski definition) is 4. The molecule has 1 fully saturated rings. The molecule has 5 nitrogen and oxygen atoms in total. The Balaban J connectivity index is 2.06. The van der Waals surface area contributed by atoms with E-state index in [4.69, 9.17) is 4.74 Å². The molecule has 1 aliphatic heterocycles. The fraction of sp³-hybridized carbons (Fsp3) is 0.455. The van der Waals surface area contributed by atoms with Gasteiger partial charge in [0, 0.05) is 25.4 Å². The molecule has 1 saturated heterocycles. The van der Waals surface area contributed by atoms with Crippen molar-refractivity contribution in [3.8, 4) is 5.88 Å². The summed E-state index contributed by atoms with van der Waals surface area (Å²) in [5.74, 6) is 0.521. The summed E-state index contributed by atoms with van der Waals surface area (Å²) in [7, 11) is 1.55. The Morgan fingerprint density at radius 1 is 1.69 bits per heavy atom. The Hall–Kier alpha value is -1.62. The van der Waals surface area contributed by atoms with Crippen LogP contribution in [0.1, 0.15) is 12.0 Å². The van der Waals surface area contributed by atoms with E-state index in [-0.39, 0.29) is 12.3 Å². The number of aliphatic hydroxyl groups excluding tert-OH is 1. The number of nitrogens with zero attached hydrogens (tertiary/aromatic N) is 2. The van der Waals surface area contributed by atoms with Gasteiger partial charge in [-0.05, 0) is 11.6 Å². The summed E-state index contributed by atoms with van der Waals surface area (Å²) >= 11 is 0. The highest BCUT2D eigenvalue weighted by Gasteiger charge is 2.27. The van der Waals surface area contributed by atoms with Crippen LogP contribution in [0.25, 0.3) is 0 Å². The van der Waals surface area contributed by atoms with E-state index in [1.807, 2.05) is 6.07 Å². The number of rotatable bonds is 3. The first kappa shape index (κ1) is 10.9. The summed E-state index contributed by atoms with van der Waals surface area (Å²) in [5, 5.41) is 9.35. The van der Waals surface area contributed by atoms with Gasteiger partial charge in [0.25, 0.3) is 0 Å². The van der Waals surface area contributed by atoms with Gasteiger partial charge < -0.3 is 14.7 Å². The number of amides is 1. The molecule has 0 bridgehead atoms. The summed E-state index contributed by atoms with van der Waals surface area (Å²) in [6.07, 6.45) is 1.34. The number of β-amino-alcohol motifs (C(OH)–C–C–N with tert-alkyl or cyclic N) is 1. The average Bonchev–Trinajstić information content (AvgIpc) is 2.58. The Kier molecular flexibility index (Phi) is 3.05. The molecule has 0 saturated carbocycles. The third kappa shape index (κ3) is 2.30. The van der Waals surface area contributed by atoms with E-state index in [1.165, 1.54) is 0 Å². The Bertz CT molecular complexity index is 395. The van der Waals surface area contributed by atoms with Crippen LogP contribution < -0.4 is 4.74 Å². The maximum Gasteiger partial charge on any atom is 0.225 e. The van der Waals surface area contributed by atoms with Gasteiger partial charge >= 0.3 is 0 Å². The lowest BCUT2D eigenvalue weighted by Gasteiger charge is -2.15. The van der Waals surface area contributed by atoms with Gasteiger partial charge in [-0.3, -0.25) is 4.79 Å². The van der Waals surface area contributed by atoms with Gasteiger partial charge in [-0.2, -0.15) is 0 Å². The molecule has 1 aliphatic rings. The van der Waals surface area contributed by atoms with Crippen molar-refractivity contribution in [2.45, 2.75) is 19.1 Å². The zero-order chi connectivity index (χ0) is 11.5. The van der Waals surface area contributed by atoms with E-state index >= 15 is 0 Å². The average molecular weight is 222 g/mol. The first-order chi connectivity index (χ1) is 7.69. The predicted molar refractivity (Wildman–Crippen MR) is 56.8 cm³/mol. The number of aromatic nitrogens is 1. The van der Waals surface area contributed by atoms with E-state index in [0.29, 0.717) is 19.0 Å². The van der Waals surface area contributed by atoms with E-state index in [9.17, 15) is 9.90 Å². The molecule has 16 heavy (non-hydrogen) atoms. The van der Waals surface area contributed by atoms with Gasteiger partial charge in [-0.25, -0.2) is 4.98 Å². The van der Waals surface area contributed by atoms with Crippen LogP contribution >= 0.6 is 0 Å². The Morgan fingerprint density at radius 3 is 3.12 bits per heavy atom. The Morgan fingerprint density at radius 2 is 2.50 bits per heavy atom. The van der Waals surface area contributed by atoms with E-state index in [0.717, 1.165) is 5.56 Å². The van der Waals surface area contributed by atoms with Crippen LogP contribution in [-0.4, -0.2) is 40.7 Å². The summed E-state index contributed by atoms with van der Waals surface area (Å²) in [4.78, 5) is 17.1. The number of methoxy groups -OCH3 is 1. The molecule has 0 aliphatic carbocycles. The highest BCUT2D eigenvalue weighted by Crippen LogP contribution is 2.16. The van der Waals surface area contributed by atoms with Gasteiger partial charge in [0.05, 0.1) is 19.6 Å². The van der Waals surface area contributed by atoms with Crippen molar-refractivity contribution in [1.29, 1.82) is 0 Å². The van der Waals surface area contributed by atoms with Crippen molar-refractivity contribution in [2.24, 2.45) is 0 Å². The quantitative estimate of drug-likeness (QED) is 0.792. The minimum Gasteiger partial charge on any atom is -0.481 e. The van der Waals surface area contributed by atoms with Crippen molar-refractivity contribution in [2.75, 3.05) is 13.7 Å². The minimum atomic E-state index is -0.531. The molecule has 2 heterocycles. The maximum atomic E-state index is 11.5. The van der Waals surface area contributed by atoms with Crippen LogP contribution in [-0.2, 0) is 11.3 Å². The third-order valence-electron chi connectivity index (χ3n) is 2.58. The first-order valence-electron chi connectivity index (χ1n) is 5.14. The summed E-state index contributed by atoms with van der Waals surface area (Å²) < 4.78 is 5.00. The molecule has 86 valence electrons. The van der Waals surface area contributed by atoms with Gasteiger partial charge in [-0.15, -0.1) is 0 Å². The van der Waals surface area contributed by atoms with E-state index in [1.54, 1.807) is 24.3 Å². The highest BCUT2D eigenvalue weighted by atomic mass is 16.5. The lowest BCUT2D eigenvalue weighted by molar-refractivity contribution is -0.128. The second kappa shape index (κ2) is 4.49. The van der Waals surface area contributed by atoms with Crippen molar-refractivity contribution in [1.82, 2.24) is 9.88 Å². The number of hydrogen-bond donors (Lipinski definition) is 1. The molecule has 2 rings (SSSR count). The zero-order valence-corrected chi connectivity index (χ0v) is 9.09. The lowest BCUT2D eigenvalue weighted by Crippen LogP contribution is -2.25. The molecule has 1 aromatic heterocycles. The molecule has 0 aromatic carbocycles. The summed E-state index contributed by atoms with van der Waals surface area (Å²) in [6.45, 7) is 0.901. The van der Waals surface area contributed by atoms with Crippen LogP contribution in [0.5, 0.6) is 5.88 Å². The molecule has 0 radical (unpaired) electrons. The van der Waals surface area contributed by atoms with Crippen LogP contribution in [0.3, 0.4) is 0 Å². The largest absolute Gasteiger partial charge is 0.481 e. The molecule has 0 spiro atoms. The zero-order valence-electron chi connectivity index (χ0n) is 9.09. The van der Waals surface area contributed by atoms with E-state index in [2.05, 4.69) is 4.98 Å². The summed E-state index contributed by atoms with van der Waals surface area (Å²) in [6, 6.07) is 3.62. The van der Waals surface area contributed by atoms with Crippen LogP contribution in [0.2, 0.25) is 0 Å². The normalized spacial score (nSPS) is 20.2. The molecule has 1 unspecified atom stereocenters.